The molecule has 2 nitrogen and oxygen atoms in total. The van der Waals surface area contributed by atoms with Crippen molar-refractivity contribution in [1.29, 1.82) is 0 Å². The molecule has 1 aliphatic rings. The lowest BCUT2D eigenvalue weighted by Gasteiger charge is -2.14. The quantitative estimate of drug-likeness (QED) is 0.835. The van der Waals surface area contributed by atoms with Crippen LogP contribution in [0, 0.1) is 0 Å². The van der Waals surface area contributed by atoms with E-state index in [2.05, 4.69) is 17.3 Å². The van der Waals surface area contributed by atoms with Crippen LogP contribution in [0.3, 0.4) is 0 Å². The lowest BCUT2D eigenvalue weighted by Crippen LogP contribution is -2.23. The van der Waals surface area contributed by atoms with Crippen LogP contribution in [0.1, 0.15) is 6.42 Å². The van der Waals surface area contributed by atoms with Crippen molar-refractivity contribution in [2.75, 3.05) is 25.5 Å². The van der Waals surface area contributed by atoms with Crippen molar-refractivity contribution in [2.24, 2.45) is 0 Å². The fourth-order valence-electron chi connectivity index (χ4n) is 2.02. The molecule has 1 unspecified atom stereocenters. The Morgan fingerprint density at radius 3 is 2.59 bits per heavy atom. The second kappa shape index (κ2) is 5.69. The van der Waals surface area contributed by atoms with Crippen molar-refractivity contribution in [3.05, 3.63) is 24.3 Å². The Labute approximate surface area is 104 Å². The zero-order valence-corrected chi connectivity index (χ0v) is 10.5. The number of halogens is 2. The molecule has 2 rings (SSSR count). The number of thioether (sulfide) groups is 1. The van der Waals surface area contributed by atoms with Gasteiger partial charge in [0.25, 0.3) is 5.76 Å². The van der Waals surface area contributed by atoms with E-state index in [1.54, 1.807) is 12.1 Å². The average Bonchev–Trinajstić information content (AvgIpc) is 2.66. The van der Waals surface area contributed by atoms with E-state index in [1.165, 1.54) is 0 Å². The molecule has 0 aromatic heterocycles. The van der Waals surface area contributed by atoms with E-state index in [-0.39, 0.29) is 0 Å². The summed E-state index contributed by atoms with van der Waals surface area (Å²) in [6.45, 7) is 2.14. The van der Waals surface area contributed by atoms with E-state index in [0.717, 1.165) is 25.2 Å². The number of likely N-dealkylation sites (tertiary alicyclic amines) is 1. The van der Waals surface area contributed by atoms with E-state index in [4.69, 9.17) is 0 Å². The summed E-state index contributed by atoms with van der Waals surface area (Å²) in [7, 11) is 2.10. The van der Waals surface area contributed by atoms with Gasteiger partial charge in [-0.25, -0.2) is 0 Å². The summed E-state index contributed by atoms with van der Waals surface area (Å²) in [6, 6.07) is 7.66. The molecule has 0 spiro atoms. The molecule has 17 heavy (non-hydrogen) atoms. The minimum atomic E-state index is -2.35. The monoisotopic (exact) mass is 258 g/mol. The van der Waals surface area contributed by atoms with Gasteiger partial charge in [0, 0.05) is 23.2 Å². The highest BCUT2D eigenvalue weighted by Crippen LogP contribution is 2.26. The minimum Gasteiger partial charge on any atom is -0.381 e. The first kappa shape index (κ1) is 12.6. The van der Waals surface area contributed by atoms with E-state index in [1.807, 2.05) is 12.1 Å². The fourth-order valence-corrected chi connectivity index (χ4v) is 2.52. The Balaban J connectivity index is 1.89. The normalized spacial score (nSPS) is 21.1. The van der Waals surface area contributed by atoms with Crippen LogP contribution in [-0.4, -0.2) is 36.8 Å². The van der Waals surface area contributed by atoms with E-state index >= 15 is 0 Å². The molecule has 94 valence electrons. The van der Waals surface area contributed by atoms with Crippen molar-refractivity contribution < 1.29 is 8.78 Å². The topological polar surface area (TPSA) is 15.3 Å². The molecule has 1 aromatic carbocycles. The molecule has 0 saturated carbocycles. The summed E-state index contributed by atoms with van der Waals surface area (Å²) in [4.78, 5) is 2.88. The average molecular weight is 258 g/mol. The summed E-state index contributed by atoms with van der Waals surface area (Å²) in [5, 5.41) is 3.41. The fraction of sp³-hybridized carbons (Fsp3) is 0.500. The Hall–Kier alpha value is -0.810. The molecule has 1 heterocycles. The molecule has 0 bridgehead atoms. The number of nitrogens with zero attached hydrogens (tertiary/aromatic N) is 1. The summed E-state index contributed by atoms with van der Waals surface area (Å²) >= 11 is 0.581. The zero-order valence-electron chi connectivity index (χ0n) is 9.70. The zero-order chi connectivity index (χ0) is 12.3. The van der Waals surface area contributed by atoms with Gasteiger partial charge in [-0.05, 0) is 44.3 Å². The number of alkyl halides is 2. The molecule has 1 aromatic rings. The number of hydrogen-bond donors (Lipinski definition) is 1. The third kappa shape index (κ3) is 3.85. The lowest BCUT2D eigenvalue weighted by molar-refractivity contribution is 0.252. The summed E-state index contributed by atoms with van der Waals surface area (Å²) in [6.07, 6.45) is 1.13. The highest BCUT2D eigenvalue weighted by atomic mass is 32.2. The first-order valence-corrected chi connectivity index (χ1v) is 6.51. The van der Waals surface area contributed by atoms with Crippen LogP contribution in [0.25, 0.3) is 0 Å². The maximum atomic E-state index is 12.1. The predicted molar refractivity (Wildman–Crippen MR) is 67.8 cm³/mol. The van der Waals surface area contributed by atoms with Gasteiger partial charge in [-0.15, -0.1) is 0 Å². The summed E-state index contributed by atoms with van der Waals surface area (Å²) in [5.41, 5.74) is 1.00. The van der Waals surface area contributed by atoms with Crippen molar-refractivity contribution in [3.8, 4) is 0 Å². The molecule has 1 fully saturated rings. The molecule has 0 amide bonds. The Morgan fingerprint density at radius 1 is 1.35 bits per heavy atom. The molecule has 1 atom stereocenters. The van der Waals surface area contributed by atoms with Crippen molar-refractivity contribution >= 4 is 17.4 Å². The maximum absolute atomic E-state index is 12.1. The van der Waals surface area contributed by atoms with Gasteiger partial charge in [0.15, 0.2) is 0 Å². The molecular weight excluding hydrogens is 242 g/mol. The predicted octanol–water partition coefficient (Wildman–Crippen LogP) is 3.12. The first-order valence-electron chi connectivity index (χ1n) is 5.63. The summed E-state index contributed by atoms with van der Waals surface area (Å²) in [5.74, 6) is -2.35. The Morgan fingerprint density at radius 2 is 2.06 bits per heavy atom. The SMILES string of the molecule is CN1CCC(Nc2ccc(SC(F)F)cc2)C1. The Kier molecular flexibility index (Phi) is 4.23. The standard InChI is InChI=1S/C12H16F2N2S/c1-16-7-6-10(8-16)15-9-2-4-11(5-3-9)17-12(13)14/h2-5,10,12,15H,6-8H2,1H3. The van der Waals surface area contributed by atoms with E-state index in [9.17, 15) is 8.78 Å². The lowest BCUT2D eigenvalue weighted by atomic mass is 10.2. The van der Waals surface area contributed by atoms with Crippen LogP contribution >= 0.6 is 11.8 Å². The highest BCUT2D eigenvalue weighted by Gasteiger charge is 2.18. The summed E-state index contributed by atoms with van der Waals surface area (Å²) < 4.78 is 24.3. The number of rotatable bonds is 4. The van der Waals surface area contributed by atoms with Gasteiger partial charge in [0.1, 0.15) is 0 Å². The molecule has 1 saturated heterocycles. The molecule has 0 radical (unpaired) electrons. The van der Waals surface area contributed by atoms with E-state index in [0.29, 0.717) is 22.7 Å². The van der Waals surface area contributed by atoms with Gasteiger partial charge in [-0.1, -0.05) is 11.8 Å². The van der Waals surface area contributed by atoms with Crippen LogP contribution in [0.2, 0.25) is 0 Å². The highest BCUT2D eigenvalue weighted by molar-refractivity contribution is 7.99. The van der Waals surface area contributed by atoms with Gasteiger partial charge in [-0.2, -0.15) is 8.78 Å². The van der Waals surface area contributed by atoms with Crippen LogP contribution in [0.15, 0.2) is 29.2 Å². The van der Waals surface area contributed by atoms with Gasteiger partial charge in [-0.3, -0.25) is 0 Å². The largest absolute Gasteiger partial charge is 0.381 e. The van der Waals surface area contributed by atoms with Crippen molar-refractivity contribution in [2.45, 2.75) is 23.1 Å². The van der Waals surface area contributed by atoms with E-state index < -0.39 is 5.76 Å². The first-order chi connectivity index (χ1) is 8.13. The van der Waals surface area contributed by atoms with Crippen LogP contribution < -0.4 is 5.32 Å². The van der Waals surface area contributed by atoms with Crippen LogP contribution in [0.4, 0.5) is 14.5 Å². The Bertz CT molecular complexity index is 356. The minimum absolute atomic E-state index is 0.466. The molecule has 1 aliphatic heterocycles. The second-order valence-electron chi connectivity index (χ2n) is 4.30. The smallest absolute Gasteiger partial charge is 0.288 e. The number of benzene rings is 1. The molecule has 0 aliphatic carbocycles. The number of hydrogen-bond acceptors (Lipinski definition) is 3. The van der Waals surface area contributed by atoms with Gasteiger partial charge < -0.3 is 10.2 Å². The van der Waals surface area contributed by atoms with Crippen LogP contribution in [-0.2, 0) is 0 Å². The third-order valence-electron chi connectivity index (χ3n) is 2.84. The van der Waals surface area contributed by atoms with Crippen molar-refractivity contribution in [3.63, 3.8) is 0 Å². The molecule has 5 heteroatoms. The number of likely N-dealkylation sites (N-methyl/N-ethyl adjacent to an activating group) is 1. The molecular formula is C12H16F2N2S. The number of nitrogens with one attached hydrogen (secondary N) is 1. The van der Waals surface area contributed by atoms with Gasteiger partial charge >= 0.3 is 0 Å². The van der Waals surface area contributed by atoms with Gasteiger partial charge in [0.2, 0.25) is 0 Å². The third-order valence-corrected chi connectivity index (χ3v) is 3.56. The maximum Gasteiger partial charge on any atom is 0.288 e. The van der Waals surface area contributed by atoms with Crippen LogP contribution in [0.5, 0.6) is 0 Å². The van der Waals surface area contributed by atoms with Gasteiger partial charge in [0.05, 0.1) is 0 Å². The van der Waals surface area contributed by atoms with Crippen molar-refractivity contribution in [1.82, 2.24) is 4.90 Å². The second-order valence-corrected chi connectivity index (χ2v) is 5.36. The number of anilines is 1. The molecule has 1 N–H and O–H groups in total.